The fraction of sp³-hybridized carbons (Fsp3) is 0.0200. The molecule has 0 saturated carbocycles. The molecule has 266 valence electrons. The molecule has 7 heteroatoms. The van der Waals surface area contributed by atoms with Gasteiger partial charge < -0.3 is 0 Å². The van der Waals surface area contributed by atoms with E-state index in [4.69, 9.17) is 19.9 Å². The van der Waals surface area contributed by atoms with E-state index >= 15 is 0 Å². The molecule has 2 heterocycles. The Hall–Kier alpha value is -7.77. The van der Waals surface area contributed by atoms with E-state index in [0.29, 0.717) is 62.0 Å². The van der Waals surface area contributed by atoms with Gasteiger partial charge in [0.2, 0.25) is 17.3 Å². The Labute approximate surface area is 326 Å². The zero-order valence-corrected chi connectivity index (χ0v) is 30.2. The van der Waals surface area contributed by atoms with Gasteiger partial charge in [0.05, 0.1) is 27.8 Å². The predicted molar refractivity (Wildman–Crippen MR) is 220 cm³/mol. The number of hydrogen-bond acceptors (Lipinski definition) is 7. The minimum Gasteiger partial charge on any atom is -0.287 e. The number of rotatable bonds is 4. The number of fused-ring (bicyclic) bond motifs is 6. The molecule has 9 aromatic rings. The molecule has 0 radical (unpaired) electrons. The van der Waals surface area contributed by atoms with Crippen molar-refractivity contribution in [3.63, 3.8) is 0 Å². The van der Waals surface area contributed by atoms with Gasteiger partial charge in [0.25, 0.3) is 0 Å². The minimum absolute atomic E-state index is 0.00212. The summed E-state index contributed by atoms with van der Waals surface area (Å²) in [7, 11) is 0. The standard InChI is InChI=1S/C50H28N4O3/c55-48-42-33(29-15-7-2-8-16-29)22-21-32(28-13-5-1-6-14-28)36(42)25-41-45(48)52-38-27-40-39(26-37(38)51-41)53-46-47(54-40)50(57)44-35(31-19-11-4-12-20-31)24-23-34(43(44)49(46)56)30-17-9-3-10-18-30/h1-24,26-27H,25H2. The van der Waals surface area contributed by atoms with E-state index in [1.807, 2.05) is 140 Å². The molecule has 0 saturated heterocycles. The predicted octanol–water partition coefficient (Wildman–Crippen LogP) is 10.2. The van der Waals surface area contributed by atoms with Crippen LogP contribution >= 0.6 is 0 Å². The van der Waals surface area contributed by atoms with Crippen molar-refractivity contribution >= 4 is 39.4 Å². The zero-order valence-electron chi connectivity index (χ0n) is 30.2. The lowest BCUT2D eigenvalue weighted by Crippen LogP contribution is -2.25. The van der Waals surface area contributed by atoms with Crippen molar-refractivity contribution in [1.82, 2.24) is 19.9 Å². The fourth-order valence-corrected chi connectivity index (χ4v) is 8.42. The van der Waals surface area contributed by atoms with E-state index < -0.39 is 0 Å². The maximum atomic E-state index is 14.6. The second-order valence-electron chi connectivity index (χ2n) is 14.3. The maximum absolute atomic E-state index is 14.6. The van der Waals surface area contributed by atoms with Gasteiger partial charge in [-0.3, -0.25) is 14.4 Å². The van der Waals surface area contributed by atoms with E-state index in [9.17, 15) is 14.4 Å². The molecule has 0 bridgehead atoms. The van der Waals surface area contributed by atoms with Crippen molar-refractivity contribution in [3.8, 4) is 44.5 Å². The number of aromatic nitrogens is 4. The van der Waals surface area contributed by atoms with Crippen LogP contribution in [0.15, 0.2) is 158 Å². The second kappa shape index (κ2) is 12.6. The molecule has 0 fully saturated rings. The van der Waals surface area contributed by atoms with Crippen molar-refractivity contribution < 1.29 is 14.4 Å². The summed E-state index contributed by atoms with van der Waals surface area (Å²) in [5.41, 5.74) is 11.4. The van der Waals surface area contributed by atoms with Gasteiger partial charge in [0.15, 0.2) is 0 Å². The molecular weight excluding hydrogens is 705 g/mol. The first-order valence-electron chi connectivity index (χ1n) is 18.7. The molecule has 7 aromatic carbocycles. The molecule has 57 heavy (non-hydrogen) atoms. The Balaban J connectivity index is 1.08. The monoisotopic (exact) mass is 732 g/mol. The van der Waals surface area contributed by atoms with Crippen molar-refractivity contribution in [2.24, 2.45) is 0 Å². The first kappa shape index (κ1) is 32.6. The lowest BCUT2D eigenvalue weighted by atomic mass is 9.80. The molecule has 2 aliphatic carbocycles. The Morgan fingerprint density at radius 2 is 0.667 bits per heavy atom. The zero-order chi connectivity index (χ0) is 38.2. The fourth-order valence-electron chi connectivity index (χ4n) is 8.42. The van der Waals surface area contributed by atoms with Crippen LogP contribution in [0.2, 0.25) is 0 Å². The summed E-state index contributed by atoms with van der Waals surface area (Å²) in [5.74, 6) is -0.947. The molecule has 11 rings (SSSR count). The smallest absolute Gasteiger partial charge is 0.215 e. The largest absolute Gasteiger partial charge is 0.287 e. The molecular formula is C50H28N4O3. The van der Waals surface area contributed by atoms with Gasteiger partial charge in [-0.15, -0.1) is 0 Å². The average molecular weight is 733 g/mol. The van der Waals surface area contributed by atoms with Crippen LogP contribution in [0.5, 0.6) is 0 Å². The molecule has 0 N–H and O–H groups in total. The lowest BCUT2D eigenvalue weighted by molar-refractivity contribution is 0.0973. The van der Waals surface area contributed by atoms with Crippen LogP contribution in [0.1, 0.15) is 59.4 Å². The first-order chi connectivity index (χ1) is 28.0. The summed E-state index contributed by atoms with van der Waals surface area (Å²) in [5, 5.41) is 0. The average Bonchev–Trinajstić information content (AvgIpc) is 3.27. The highest BCUT2D eigenvalue weighted by Crippen LogP contribution is 2.42. The van der Waals surface area contributed by atoms with Crippen LogP contribution in [-0.2, 0) is 6.42 Å². The highest BCUT2D eigenvalue weighted by molar-refractivity contribution is 6.31. The Kier molecular flexibility index (Phi) is 7.24. The van der Waals surface area contributed by atoms with Crippen LogP contribution in [-0.4, -0.2) is 37.3 Å². The highest BCUT2D eigenvalue weighted by atomic mass is 16.1. The number of ketones is 3. The maximum Gasteiger partial charge on any atom is 0.215 e. The van der Waals surface area contributed by atoms with E-state index in [1.54, 1.807) is 12.1 Å². The van der Waals surface area contributed by atoms with E-state index in [2.05, 4.69) is 6.07 Å². The Bertz CT molecular complexity index is 3180. The third-order valence-electron chi connectivity index (χ3n) is 11.0. The van der Waals surface area contributed by atoms with Crippen molar-refractivity contribution in [1.29, 1.82) is 0 Å². The van der Waals surface area contributed by atoms with Crippen molar-refractivity contribution in [2.75, 3.05) is 0 Å². The molecule has 0 atom stereocenters. The molecule has 0 spiro atoms. The van der Waals surface area contributed by atoms with Gasteiger partial charge >= 0.3 is 0 Å². The molecule has 2 aromatic heterocycles. The molecule has 0 aliphatic heterocycles. The molecule has 0 unspecified atom stereocenters. The number of nitrogens with zero attached hydrogens (tertiary/aromatic N) is 4. The topological polar surface area (TPSA) is 103 Å². The number of benzene rings is 7. The van der Waals surface area contributed by atoms with Gasteiger partial charge in [0.1, 0.15) is 17.1 Å². The van der Waals surface area contributed by atoms with Gasteiger partial charge in [-0.1, -0.05) is 146 Å². The van der Waals surface area contributed by atoms with E-state index in [1.165, 1.54) is 0 Å². The van der Waals surface area contributed by atoms with Crippen LogP contribution in [0.3, 0.4) is 0 Å². The Morgan fingerprint density at radius 1 is 0.333 bits per heavy atom. The molecule has 2 aliphatic rings. The summed E-state index contributed by atoms with van der Waals surface area (Å²) < 4.78 is 0. The third-order valence-corrected chi connectivity index (χ3v) is 11.0. The van der Waals surface area contributed by atoms with E-state index in [0.717, 1.165) is 38.9 Å². The number of hydrogen-bond donors (Lipinski definition) is 0. The normalized spacial score (nSPS) is 12.9. The summed E-state index contributed by atoms with van der Waals surface area (Å²) in [6, 6.07) is 50.5. The van der Waals surface area contributed by atoms with E-state index in [-0.39, 0.29) is 34.4 Å². The van der Waals surface area contributed by atoms with Gasteiger partial charge in [-0.25, -0.2) is 19.9 Å². The first-order valence-corrected chi connectivity index (χ1v) is 18.7. The van der Waals surface area contributed by atoms with Crippen LogP contribution < -0.4 is 0 Å². The summed E-state index contributed by atoms with van der Waals surface area (Å²) in [4.78, 5) is 63.5. The quantitative estimate of drug-likeness (QED) is 0.166. The highest BCUT2D eigenvalue weighted by Gasteiger charge is 2.37. The number of carbonyl (C=O) groups is 3. The molecule has 0 amide bonds. The number of carbonyl (C=O) groups excluding carboxylic acids is 3. The van der Waals surface area contributed by atoms with Crippen molar-refractivity contribution in [3.05, 3.63) is 203 Å². The molecule has 7 nitrogen and oxygen atoms in total. The summed E-state index contributed by atoms with van der Waals surface area (Å²) in [6.07, 6.45) is 0.397. The summed E-state index contributed by atoms with van der Waals surface area (Å²) in [6.45, 7) is 0. The van der Waals surface area contributed by atoms with Crippen molar-refractivity contribution in [2.45, 2.75) is 6.42 Å². The second-order valence-corrected chi connectivity index (χ2v) is 14.3. The minimum atomic E-state index is -0.378. The Morgan fingerprint density at radius 3 is 1.11 bits per heavy atom. The van der Waals surface area contributed by atoms with Gasteiger partial charge in [-0.05, 0) is 62.2 Å². The van der Waals surface area contributed by atoms with Gasteiger partial charge in [0, 0.05) is 23.1 Å². The SMILES string of the molecule is O=C1c2nc3cc4nc5c(nc4cc3nc2Cc2c(-c3ccccc3)ccc(-c3ccccc3)c21)C(=O)c1c(-c2ccccc2)ccc(-c2ccccc2)c1C5=O. The van der Waals surface area contributed by atoms with Crippen LogP contribution in [0, 0.1) is 0 Å². The summed E-state index contributed by atoms with van der Waals surface area (Å²) >= 11 is 0. The third kappa shape index (κ3) is 5.10. The van der Waals surface area contributed by atoms with Crippen LogP contribution in [0.4, 0.5) is 0 Å². The van der Waals surface area contributed by atoms with Crippen LogP contribution in [0.25, 0.3) is 66.6 Å². The lowest BCUT2D eigenvalue weighted by Gasteiger charge is -2.24. The van der Waals surface area contributed by atoms with Gasteiger partial charge in [-0.2, -0.15) is 0 Å².